The molecule has 0 aliphatic carbocycles. The van der Waals surface area contributed by atoms with Gasteiger partial charge in [-0.1, -0.05) is 18.2 Å². The Morgan fingerprint density at radius 3 is 2.80 bits per heavy atom. The molecule has 2 nitrogen and oxygen atoms in total. The Bertz CT molecular complexity index is 413. The highest BCUT2D eigenvalue weighted by molar-refractivity contribution is 7.09. The van der Waals surface area contributed by atoms with Crippen LogP contribution in [0.2, 0.25) is 0 Å². The Labute approximate surface area is 93.7 Å². The molecule has 0 bridgehead atoms. The number of aromatic nitrogens is 1. The van der Waals surface area contributed by atoms with Gasteiger partial charge in [0.05, 0.1) is 10.7 Å². The van der Waals surface area contributed by atoms with E-state index in [-0.39, 0.29) is 0 Å². The lowest BCUT2D eigenvalue weighted by atomic mass is 10.2. The summed E-state index contributed by atoms with van der Waals surface area (Å²) in [6, 6.07) is 0. The topological polar surface area (TPSA) is 30.0 Å². The van der Waals surface area contributed by atoms with Crippen molar-refractivity contribution in [3.63, 3.8) is 0 Å². The first-order chi connectivity index (χ1) is 7.22. The minimum atomic E-state index is 0.757. The second-order valence-corrected chi connectivity index (χ2v) is 4.12. The Hall–Kier alpha value is -1.48. The number of carbonyl (C=O) groups is 1. The third-order valence-corrected chi connectivity index (χ3v) is 2.46. The lowest BCUT2D eigenvalue weighted by Gasteiger charge is -1.88. The van der Waals surface area contributed by atoms with E-state index in [1.165, 1.54) is 6.08 Å². The fraction of sp³-hybridized carbons (Fsp3) is 0.167. The van der Waals surface area contributed by atoms with Crippen LogP contribution in [0.4, 0.5) is 0 Å². The number of aryl methyl sites for hydroxylation is 1. The molecule has 0 fully saturated rings. The van der Waals surface area contributed by atoms with Gasteiger partial charge in [0, 0.05) is 5.38 Å². The smallest absolute Gasteiger partial charge is 0.142 e. The van der Waals surface area contributed by atoms with Crippen molar-refractivity contribution in [3.8, 4) is 0 Å². The van der Waals surface area contributed by atoms with Gasteiger partial charge in [-0.2, -0.15) is 0 Å². The molecule has 0 saturated carbocycles. The molecule has 0 radical (unpaired) electrons. The molecule has 0 N–H and O–H groups in total. The van der Waals surface area contributed by atoms with Crippen LogP contribution in [0.3, 0.4) is 0 Å². The van der Waals surface area contributed by atoms with Gasteiger partial charge in [-0.3, -0.25) is 4.79 Å². The van der Waals surface area contributed by atoms with Crippen LogP contribution in [0.15, 0.2) is 35.3 Å². The summed E-state index contributed by atoms with van der Waals surface area (Å²) in [5.41, 5.74) is 2.09. The Morgan fingerprint density at radius 1 is 1.40 bits per heavy atom. The second-order valence-electron chi connectivity index (χ2n) is 3.06. The summed E-state index contributed by atoms with van der Waals surface area (Å²) in [5, 5.41) is 3.09. The average molecular weight is 219 g/mol. The fourth-order valence-corrected chi connectivity index (χ4v) is 1.61. The van der Waals surface area contributed by atoms with Gasteiger partial charge < -0.3 is 0 Å². The third-order valence-electron chi connectivity index (χ3n) is 1.67. The molecular weight excluding hydrogens is 206 g/mol. The molecule has 1 aromatic heterocycles. The van der Waals surface area contributed by atoms with Crippen molar-refractivity contribution in [2.75, 3.05) is 0 Å². The number of hydrogen-bond acceptors (Lipinski definition) is 3. The maximum absolute atomic E-state index is 10.00. The molecular formula is C12H13NOS. The number of nitrogens with zero attached hydrogens (tertiary/aromatic N) is 1. The van der Waals surface area contributed by atoms with Crippen LogP contribution in [0.5, 0.6) is 0 Å². The van der Waals surface area contributed by atoms with Gasteiger partial charge >= 0.3 is 0 Å². The van der Waals surface area contributed by atoms with E-state index < -0.39 is 0 Å². The van der Waals surface area contributed by atoms with E-state index in [1.807, 2.05) is 37.5 Å². The molecule has 0 atom stereocenters. The molecule has 15 heavy (non-hydrogen) atoms. The molecule has 0 aliphatic rings. The molecule has 0 amide bonds. The zero-order valence-electron chi connectivity index (χ0n) is 8.81. The van der Waals surface area contributed by atoms with E-state index in [0.717, 1.165) is 22.6 Å². The SMILES string of the molecule is CC(C=CC=CC=O)=Cc1csc(C)n1. The number of thiazole rings is 1. The zero-order chi connectivity index (χ0) is 11.1. The summed E-state index contributed by atoms with van der Waals surface area (Å²) in [4.78, 5) is 14.3. The second kappa shape index (κ2) is 6.09. The van der Waals surface area contributed by atoms with E-state index in [0.29, 0.717) is 0 Å². The highest BCUT2D eigenvalue weighted by Crippen LogP contribution is 2.11. The number of rotatable bonds is 4. The van der Waals surface area contributed by atoms with E-state index in [4.69, 9.17) is 0 Å². The molecule has 1 heterocycles. The highest BCUT2D eigenvalue weighted by Gasteiger charge is 1.93. The van der Waals surface area contributed by atoms with E-state index in [2.05, 4.69) is 4.98 Å². The van der Waals surface area contributed by atoms with E-state index in [9.17, 15) is 4.79 Å². The van der Waals surface area contributed by atoms with Crippen LogP contribution in [0.25, 0.3) is 6.08 Å². The minimum Gasteiger partial charge on any atom is -0.299 e. The van der Waals surface area contributed by atoms with E-state index in [1.54, 1.807) is 17.4 Å². The van der Waals surface area contributed by atoms with Gasteiger partial charge in [0.1, 0.15) is 6.29 Å². The van der Waals surface area contributed by atoms with Crippen molar-refractivity contribution in [2.24, 2.45) is 0 Å². The molecule has 0 spiro atoms. The van der Waals surface area contributed by atoms with Gasteiger partial charge in [0.2, 0.25) is 0 Å². The van der Waals surface area contributed by atoms with Gasteiger partial charge in [-0.05, 0) is 31.6 Å². The molecule has 0 aromatic carbocycles. The summed E-state index contributed by atoms with van der Waals surface area (Å²) in [6.07, 6.45) is 9.70. The van der Waals surface area contributed by atoms with Crippen molar-refractivity contribution < 1.29 is 4.79 Å². The highest BCUT2D eigenvalue weighted by atomic mass is 32.1. The number of carbonyl (C=O) groups excluding carboxylic acids is 1. The maximum Gasteiger partial charge on any atom is 0.142 e. The first-order valence-corrected chi connectivity index (χ1v) is 5.49. The summed E-state index contributed by atoms with van der Waals surface area (Å²) >= 11 is 1.64. The monoisotopic (exact) mass is 219 g/mol. The zero-order valence-corrected chi connectivity index (χ0v) is 9.62. The average Bonchev–Trinajstić information content (AvgIpc) is 2.59. The van der Waals surface area contributed by atoms with Gasteiger partial charge in [0.25, 0.3) is 0 Å². The number of hydrogen-bond donors (Lipinski definition) is 0. The largest absolute Gasteiger partial charge is 0.299 e. The lowest BCUT2D eigenvalue weighted by molar-refractivity contribution is -0.104. The fourth-order valence-electron chi connectivity index (χ4n) is 1.04. The quantitative estimate of drug-likeness (QED) is 0.442. The normalized spacial score (nSPS) is 12.8. The maximum atomic E-state index is 10.00. The predicted molar refractivity (Wildman–Crippen MR) is 64.8 cm³/mol. The van der Waals surface area contributed by atoms with Crippen molar-refractivity contribution in [1.82, 2.24) is 4.98 Å². The van der Waals surface area contributed by atoms with Gasteiger partial charge in [0.15, 0.2) is 0 Å². The van der Waals surface area contributed by atoms with Crippen LogP contribution in [-0.4, -0.2) is 11.3 Å². The van der Waals surface area contributed by atoms with Crippen molar-refractivity contribution in [2.45, 2.75) is 13.8 Å². The van der Waals surface area contributed by atoms with Crippen LogP contribution >= 0.6 is 11.3 Å². The first kappa shape index (κ1) is 11.6. The molecule has 1 aromatic rings. The summed E-state index contributed by atoms with van der Waals surface area (Å²) in [5.74, 6) is 0. The molecule has 78 valence electrons. The Balaban J connectivity index is 2.64. The molecule has 0 saturated heterocycles. The van der Waals surface area contributed by atoms with Crippen LogP contribution in [-0.2, 0) is 4.79 Å². The van der Waals surface area contributed by atoms with Crippen LogP contribution < -0.4 is 0 Å². The van der Waals surface area contributed by atoms with E-state index >= 15 is 0 Å². The standard InChI is InChI=1S/C12H13NOS/c1-10(6-4-3-5-7-14)8-12-9-15-11(2)13-12/h3-9H,1-2H3. The number of allylic oxidation sites excluding steroid dienone is 5. The minimum absolute atomic E-state index is 0.757. The Kier molecular flexibility index (Phi) is 4.71. The lowest BCUT2D eigenvalue weighted by Crippen LogP contribution is -1.74. The number of aldehydes is 1. The molecule has 0 aliphatic heterocycles. The van der Waals surface area contributed by atoms with Crippen LogP contribution in [0.1, 0.15) is 17.6 Å². The van der Waals surface area contributed by atoms with Crippen LogP contribution in [0, 0.1) is 6.92 Å². The third kappa shape index (κ3) is 4.51. The first-order valence-electron chi connectivity index (χ1n) is 4.61. The van der Waals surface area contributed by atoms with Crippen molar-refractivity contribution >= 4 is 23.7 Å². The summed E-state index contributed by atoms with van der Waals surface area (Å²) < 4.78 is 0. The van der Waals surface area contributed by atoms with Gasteiger partial charge in [-0.25, -0.2) is 4.98 Å². The van der Waals surface area contributed by atoms with Gasteiger partial charge in [-0.15, -0.1) is 11.3 Å². The Morgan fingerprint density at radius 2 is 2.20 bits per heavy atom. The molecule has 0 unspecified atom stereocenters. The molecule has 3 heteroatoms. The molecule has 1 rings (SSSR count). The van der Waals surface area contributed by atoms with Crippen molar-refractivity contribution in [1.29, 1.82) is 0 Å². The summed E-state index contributed by atoms with van der Waals surface area (Å²) in [7, 11) is 0. The summed E-state index contributed by atoms with van der Waals surface area (Å²) in [6.45, 7) is 3.99. The predicted octanol–water partition coefficient (Wildman–Crippen LogP) is 3.17. The van der Waals surface area contributed by atoms with Crippen molar-refractivity contribution in [3.05, 3.63) is 46.0 Å².